The van der Waals surface area contributed by atoms with Crippen molar-refractivity contribution in [2.45, 2.75) is 124 Å². The first-order valence-corrected chi connectivity index (χ1v) is 26.3. The van der Waals surface area contributed by atoms with Crippen LogP contribution in [0.3, 0.4) is 0 Å². The zero-order valence-electron chi connectivity index (χ0n) is 42.2. The van der Waals surface area contributed by atoms with Crippen molar-refractivity contribution in [1.29, 1.82) is 0 Å². The lowest BCUT2D eigenvalue weighted by Gasteiger charge is -2.24. The Morgan fingerprint density at radius 3 is 1.13 bits per heavy atom. The van der Waals surface area contributed by atoms with Crippen molar-refractivity contribution in [2.75, 3.05) is 83.3 Å². The summed E-state index contributed by atoms with van der Waals surface area (Å²) in [6.45, 7) is 8.33. The van der Waals surface area contributed by atoms with Gasteiger partial charge in [0.1, 0.15) is 47.6 Å². The van der Waals surface area contributed by atoms with E-state index in [1.807, 2.05) is 13.8 Å². The van der Waals surface area contributed by atoms with Crippen LogP contribution in [0.5, 0.6) is 11.5 Å². The SMILES string of the molecule is COCC(COC)n1c(CS(=O)(=O)[C@@H](C)[C@H](OC)c2ncc(OC)cn2)nnc1[C@@H]1CC[C@H](C)O1.COCC(COC)n1c(CS(=O)(=O)[C@@H](C)[C@H](OC)c2ncc(OC)cn2)nnc1[C@H]1CC[C@@H](C)O1. The quantitative estimate of drug-likeness (QED) is 0.0867. The Morgan fingerprint density at radius 1 is 0.543 bits per heavy atom. The third-order valence-electron chi connectivity index (χ3n) is 12.2. The summed E-state index contributed by atoms with van der Waals surface area (Å²) in [6, 6.07) is -0.642. The number of ether oxygens (including phenoxy) is 10. The van der Waals surface area contributed by atoms with Crippen molar-refractivity contribution in [3.8, 4) is 11.5 Å². The summed E-state index contributed by atoms with van der Waals surface area (Å²) in [7, 11) is 4.63. The maximum atomic E-state index is 13.5. The molecular formula is C44H70N10O14S2. The van der Waals surface area contributed by atoms with Crippen molar-refractivity contribution >= 4 is 19.7 Å². The zero-order valence-corrected chi connectivity index (χ0v) is 43.8. The van der Waals surface area contributed by atoms with Crippen LogP contribution in [0, 0.1) is 0 Å². The van der Waals surface area contributed by atoms with Gasteiger partial charge in [-0.05, 0) is 53.4 Å². The van der Waals surface area contributed by atoms with Crippen LogP contribution >= 0.6 is 0 Å². The van der Waals surface area contributed by atoms with E-state index in [1.165, 1.54) is 53.2 Å². The van der Waals surface area contributed by atoms with Crippen LogP contribution in [0.25, 0.3) is 0 Å². The lowest BCUT2D eigenvalue weighted by atomic mass is 10.2. The summed E-state index contributed by atoms with van der Waals surface area (Å²) in [5.74, 6) is 2.44. The molecule has 26 heteroatoms. The summed E-state index contributed by atoms with van der Waals surface area (Å²) >= 11 is 0. The summed E-state index contributed by atoms with van der Waals surface area (Å²) in [6.07, 6.45) is 7.08. The van der Waals surface area contributed by atoms with E-state index in [9.17, 15) is 16.8 Å². The molecule has 0 amide bonds. The predicted octanol–water partition coefficient (Wildman–Crippen LogP) is 3.68. The summed E-state index contributed by atoms with van der Waals surface area (Å²) in [4.78, 5) is 16.8. The van der Waals surface area contributed by atoms with Gasteiger partial charge < -0.3 is 56.5 Å². The highest BCUT2D eigenvalue weighted by Gasteiger charge is 2.39. The van der Waals surface area contributed by atoms with Crippen LogP contribution in [0.1, 0.15) is 125 Å². The molecule has 70 heavy (non-hydrogen) atoms. The Hall–Kier alpha value is -4.38. The molecule has 2 fully saturated rings. The van der Waals surface area contributed by atoms with Crippen molar-refractivity contribution in [1.82, 2.24) is 49.5 Å². The summed E-state index contributed by atoms with van der Waals surface area (Å²) in [5, 5.41) is 15.3. The van der Waals surface area contributed by atoms with E-state index < -0.39 is 42.4 Å². The van der Waals surface area contributed by atoms with Crippen LogP contribution in [-0.2, 0) is 69.1 Å². The number of rotatable bonds is 26. The molecule has 6 rings (SSSR count). The minimum absolute atomic E-state index is 0.0904. The lowest BCUT2D eigenvalue weighted by molar-refractivity contribution is 0.0397. The largest absolute Gasteiger partial charge is 0.494 e. The third kappa shape index (κ3) is 14.0. The molecule has 0 spiro atoms. The van der Waals surface area contributed by atoms with E-state index in [-0.39, 0.29) is 59.7 Å². The highest BCUT2D eigenvalue weighted by atomic mass is 32.2. The zero-order chi connectivity index (χ0) is 51.2. The van der Waals surface area contributed by atoms with Gasteiger partial charge in [0.2, 0.25) is 0 Å². The normalized spacial score (nSPS) is 20.3. The molecule has 4 aromatic rings. The number of nitrogens with zero attached hydrogens (tertiary/aromatic N) is 10. The molecule has 2 saturated heterocycles. The summed E-state index contributed by atoms with van der Waals surface area (Å²) < 4.78 is 112. The number of sulfone groups is 2. The Labute approximate surface area is 410 Å². The monoisotopic (exact) mass is 1030 g/mol. The van der Waals surface area contributed by atoms with E-state index in [0.717, 1.165) is 25.7 Å². The standard InChI is InChI=1S/2C22H35N5O7S/c2*1-14-7-8-18(34-14)22-26-25-19(27(22)16(11-30-3)12-31-4)13-35(28,29)15(2)20(33-6)21-23-9-17(32-5)10-24-21/h2*9-10,14-16,18,20H,7-8,11-13H2,1-6H3/t14-,15+,18-,20+;14-,15-,18-,20-/m10/s1. The van der Waals surface area contributed by atoms with Crippen molar-refractivity contribution in [3.05, 3.63) is 59.7 Å². The second-order valence-corrected chi connectivity index (χ2v) is 21.9. The highest BCUT2D eigenvalue weighted by Crippen LogP contribution is 2.36. The van der Waals surface area contributed by atoms with Gasteiger partial charge in [-0.3, -0.25) is 0 Å². The molecule has 0 bridgehead atoms. The average Bonchev–Trinajstić information content (AvgIpc) is 4.17. The molecule has 0 aromatic carbocycles. The maximum Gasteiger partial charge on any atom is 0.163 e. The van der Waals surface area contributed by atoms with E-state index in [4.69, 9.17) is 47.4 Å². The first-order valence-electron chi connectivity index (χ1n) is 22.8. The lowest BCUT2D eigenvalue weighted by Crippen LogP contribution is -2.31. The van der Waals surface area contributed by atoms with Gasteiger partial charge in [0.25, 0.3) is 0 Å². The van der Waals surface area contributed by atoms with Crippen LogP contribution in [0.4, 0.5) is 0 Å². The molecule has 0 saturated carbocycles. The molecule has 392 valence electrons. The molecule has 6 heterocycles. The third-order valence-corrected chi connectivity index (χ3v) is 16.3. The van der Waals surface area contributed by atoms with Gasteiger partial charge >= 0.3 is 0 Å². The van der Waals surface area contributed by atoms with E-state index in [2.05, 4.69) is 40.3 Å². The van der Waals surface area contributed by atoms with Gasteiger partial charge in [-0.15, -0.1) is 20.4 Å². The molecule has 0 unspecified atom stereocenters. The van der Waals surface area contributed by atoms with Crippen molar-refractivity contribution in [2.24, 2.45) is 0 Å². The predicted molar refractivity (Wildman–Crippen MR) is 252 cm³/mol. The molecule has 24 nitrogen and oxygen atoms in total. The Kier molecular flexibility index (Phi) is 21.3. The second-order valence-electron chi connectivity index (χ2n) is 17.1. The Balaban J connectivity index is 0.000000261. The molecule has 0 N–H and O–H groups in total. The van der Waals surface area contributed by atoms with Gasteiger partial charge in [-0.2, -0.15) is 0 Å². The van der Waals surface area contributed by atoms with Gasteiger partial charge in [-0.25, -0.2) is 36.8 Å². The Morgan fingerprint density at radius 2 is 0.871 bits per heavy atom. The second kappa shape index (κ2) is 26.4. The molecule has 2 aliphatic heterocycles. The van der Waals surface area contributed by atoms with Crippen LogP contribution in [-0.4, -0.2) is 172 Å². The average molecular weight is 1030 g/mol. The van der Waals surface area contributed by atoms with Crippen molar-refractivity contribution < 1.29 is 64.2 Å². The first-order chi connectivity index (χ1) is 33.5. The fourth-order valence-corrected chi connectivity index (χ4v) is 11.3. The van der Waals surface area contributed by atoms with Crippen LogP contribution < -0.4 is 9.47 Å². The topological polar surface area (TPSA) is 274 Å². The maximum absolute atomic E-state index is 13.5. The number of hydrogen-bond donors (Lipinski definition) is 0. The molecule has 2 aliphatic rings. The molecule has 4 aromatic heterocycles. The van der Waals surface area contributed by atoms with Gasteiger partial charge in [0, 0.05) is 42.7 Å². The van der Waals surface area contributed by atoms with Crippen LogP contribution in [0.2, 0.25) is 0 Å². The van der Waals surface area contributed by atoms with Crippen LogP contribution in [0.15, 0.2) is 24.8 Å². The minimum atomic E-state index is -3.78. The van der Waals surface area contributed by atoms with E-state index >= 15 is 0 Å². The number of methoxy groups -OCH3 is 8. The molecule has 0 radical (unpaired) electrons. The molecule has 8 atom stereocenters. The fourth-order valence-electron chi connectivity index (χ4n) is 8.43. The van der Waals surface area contributed by atoms with Gasteiger partial charge in [0.05, 0.1) is 100 Å². The van der Waals surface area contributed by atoms with Crippen molar-refractivity contribution in [3.63, 3.8) is 0 Å². The minimum Gasteiger partial charge on any atom is -0.494 e. The Bertz CT molecular complexity index is 2250. The number of aromatic nitrogens is 10. The number of hydrogen-bond acceptors (Lipinski definition) is 22. The molecule has 0 aliphatic carbocycles. The fraction of sp³-hybridized carbons (Fsp3) is 0.727. The molecular weight excluding hydrogens is 957 g/mol. The van der Waals surface area contributed by atoms with Gasteiger partial charge in [0.15, 0.2) is 54.5 Å². The van der Waals surface area contributed by atoms with E-state index in [0.29, 0.717) is 61.2 Å². The highest BCUT2D eigenvalue weighted by molar-refractivity contribution is 7.91. The smallest absolute Gasteiger partial charge is 0.163 e. The van der Waals surface area contributed by atoms with Gasteiger partial charge in [-0.1, -0.05) is 0 Å². The van der Waals surface area contributed by atoms with E-state index in [1.54, 1.807) is 51.4 Å². The first kappa shape index (κ1) is 56.5. The summed E-state index contributed by atoms with van der Waals surface area (Å²) in [5.41, 5.74) is 0.